The molecule has 1 saturated heterocycles. The summed E-state index contributed by atoms with van der Waals surface area (Å²) in [5.74, 6) is 0. The van der Waals surface area contributed by atoms with Crippen LogP contribution in [0.5, 0.6) is 0 Å². The van der Waals surface area contributed by atoms with E-state index in [-0.39, 0.29) is 0 Å². The fourth-order valence-corrected chi connectivity index (χ4v) is 3.12. The van der Waals surface area contributed by atoms with Crippen LogP contribution >= 0.6 is 0 Å². The van der Waals surface area contributed by atoms with Gasteiger partial charge in [0.05, 0.1) is 24.6 Å². The summed E-state index contributed by atoms with van der Waals surface area (Å²) in [6, 6.07) is 18.9. The summed E-state index contributed by atoms with van der Waals surface area (Å²) in [4.78, 5) is 6.84. The van der Waals surface area contributed by atoms with Crippen molar-refractivity contribution in [2.75, 3.05) is 49.2 Å². The molecular weight excluding hydrogens is 286 g/mol. The van der Waals surface area contributed by atoms with Gasteiger partial charge < -0.3 is 14.5 Å². The highest BCUT2D eigenvalue weighted by atomic mass is 16.5. The van der Waals surface area contributed by atoms with Crippen molar-refractivity contribution in [2.45, 2.75) is 0 Å². The Hall–Kier alpha value is -2.04. The van der Waals surface area contributed by atoms with Crippen LogP contribution in [0.1, 0.15) is 0 Å². The molecule has 0 amide bonds. The van der Waals surface area contributed by atoms with Gasteiger partial charge in [0.2, 0.25) is 6.67 Å². The van der Waals surface area contributed by atoms with Crippen LogP contribution in [0.3, 0.4) is 0 Å². The van der Waals surface area contributed by atoms with Gasteiger partial charge in [0, 0.05) is 31.9 Å². The van der Waals surface area contributed by atoms with E-state index in [9.17, 15) is 0 Å². The third-order valence-corrected chi connectivity index (χ3v) is 4.39. The van der Waals surface area contributed by atoms with Crippen molar-refractivity contribution in [1.82, 2.24) is 4.90 Å². The van der Waals surface area contributed by atoms with Crippen molar-refractivity contribution >= 4 is 17.1 Å². The minimum atomic E-state index is 0.847. The highest BCUT2D eigenvalue weighted by molar-refractivity contribution is 5.84. The maximum Gasteiger partial charge on any atom is 0.213 e. The van der Waals surface area contributed by atoms with E-state index in [2.05, 4.69) is 69.9 Å². The largest absolute Gasteiger partial charge is 0.379 e. The number of para-hydroxylation sites is 3. The van der Waals surface area contributed by atoms with Gasteiger partial charge >= 0.3 is 0 Å². The van der Waals surface area contributed by atoms with Crippen molar-refractivity contribution < 1.29 is 4.74 Å². The molecule has 4 heteroatoms. The molecule has 0 aliphatic carbocycles. The predicted octanol–water partition coefficient (Wildman–Crippen LogP) is 2.97. The molecule has 4 rings (SSSR count). The normalized spacial score (nSPS) is 18.3. The van der Waals surface area contributed by atoms with Gasteiger partial charge in [0.1, 0.15) is 0 Å². The molecule has 2 aliphatic rings. The van der Waals surface area contributed by atoms with Crippen molar-refractivity contribution in [1.29, 1.82) is 0 Å². The van der Waals surface area contributed by atoms with Crippen molar-refractivity contribution in [3.63, 3.8) is 0 Å². The third-order valence-electron chi connectivity index (χ3n) is 4.39. The number of rotatable bonds is 4. The van der Waals surface area contributed by atoms with Gasteiger partial charge in [0.15, 0.2) is 0 Å². The molecule has 2 heterocycles. The fourth-order valence-electron chi connectivity index (χ4n) is 3.12. The van der Waals surface area contributed by atoms with Crippen molar-refractivity contribution in [2.24, 2.45) is 0 Å². The average Bonchev–Trinajstić information content (AvgIpc) is 3.01. The van der Waals surface area contributed by atoms with Gasteiger partial charge in [-0.15, -0.1) is 0 Å². The molecule has 0 unspecified atom stereocenters. The molecule has 0 bridgehead atoms. The summed E-state index contributed by atoms with van der Waals surface area (Å²) in [5, 5.41) is 0. The van der Waals surface area contributed by atoms with Crippen LogP contribution in [-0.4, -0.2) is 44.3 Å². The van der Waals surface area contributed by atoms with E-state index in [0.29, 0.717) is 0 Å². The molecule has 4 nitrogen and oxygen atoms in total. The van der Waals surface area contributed by atoms with Crippen LogP contribution in [0.15, 0.2) is 54.6 Å². The Bertz CT molecular complexity index is 640. The number of hydrogen-bond acceptors (Lipinski definition) is 4. The SMILES string of the molecule is [C]1N(CCN2CCOCC2)c2ccccc2N1c1ccccc1. The Morgan fingerprint density at radius 3 is 2.30 bits per heavy atom. The summed E-state index contributed by atoms with van der Waals surface area (Å²) in [7, 11) is 0. The van der Waals surface area contributed by atoms with Crippen LogP contribution < -0.4 is 9.80 Å². The van der Waals surface area contributed by atoms with E-state index < -0.39 is 0 Å². The van der Waals surface area contributed by atoms with Crippen LogP contribution in [0.4, 0.5) is 17.1 Å². The second kappa shape index (κ2) is 6.60. The van der Waals surface area contributed by atoms with E-state index in [0.717, 1.165) is 45.1 Å². The molecule has 0 aromatic heterocycles. The van der Waals surface area contributed by atoms with Gasteiger partial charge in [0.25, 0.3) is 0 Å². The number of nitrogens with zero attached hydrogens (tertiary/aromatic N) is 3. The Morgan fingerprint density at radius 2 is 1.52 bits per heavy atom. The second-order valence-electron chi connectivity index (χ2n) is 5.87. The van der Waals surface area contributed by atoms with Crippen molar-refractivity contribution in [3.8, 4) is 0 Å². The lowest BCUT2D eigenvalue weighted by Crippen LogP contribution is -2.41. The zero-order chi connectivity index (χ0) is 15.5. The molecule has 1 fully saturated rings. The molecule has 0 spiro atoms. The summed E-state index contributed by atoms with van der Waals surface area (Å²) < 4.78 is 5.42. The first-order chi connectivity index (χ1) is 11.4. The lowest BCUT2D eigenvalue weighted by molar-refractivity contribution is 0.0393. The molecule has 0 atom stereocenters. The molecule has 0 saturated carbocycles. The van der Waals surface area contributed by atoms with Gasteiger partial charge in [-0.25, -0.2) is 0 Å². The number of anilines is 3. The molecule has 0 N–H and O–H groups in total. The Labute approximate surface area is 137 Å². The van der Waals surface area contributed by atoms with Crippen LogP contribution in [0.2, 0.25) is 0 Å². The van der Waals surface area contributed by atoms with E-state index in [1.165, 1.54) is 11.4 Å². The van der Waals surface area contributed by atoms with E-state index >= 15 is 0 Å². The first-order valence-electron chi connectivity index (χ1n) is 8.20. The van der Waals surface area contributed by atoms with Crippen molar-refractivity contribution in [3.05, 3.63) is 61.3 Å². The second-order valence-corrected chi connectivity index (χ2v) is 5.87. The number of ether oxygens (including phenoxy) is 1. The highest BCUT2D eigenvalue weighted by Gasteiger charge is 2.28. The zero-order valence-corrected chi connectivity index (χ0v) is 13.2. The number of morpholine rings is 1. The fraction of sp³-hybridized carbons (Fsp3) is 0.316. The van der Waals surface area contributed by atoms with Crippen LogP contribution in [0, 0.1) is 6.67 Å². The summed E-state index contributed by atoms with van der Waals surface area (Å²) in [6.45, 7) is 9.25. The molecule has 2 radical (unpaired) electrons. The molecule has 23 heavy (non-hydrogen) atoms. The molecule has 2 aliphatic heterocycles. The monoisotopic (exact) mass is 307 g/mol. The Kier molecular flexibility index (Phi) is 4.18. The van der Waals surface area contributed by atoms with Crippen LogP contribution in [-0.2, 0) is 4.74 Å². The summed E-state index contributed by atoms with van der Waals surface area (Å²) in [5.41, 5.74) is 3.57. The zero-order valence-electron chi connectivity index (χ0n) is 13.2. The number of benzene rings is 2. The summed E-state index contributed by atoms with van der Waals surface area (Å²) >= 11 is 0. The maximum absolute atomic E-state index is 5.42. The Balaban J connectivity index is 1.50. The lowest BCUT2D eigenvalue weighted by Gasteiger charge is -2.28. The molecular formula is C19H21N3O. The summed E-state index contributed by atoms with van der Waals surface area (Å²) in [6.07, 6.45) is 0. The molecule has 2 aromatic carbocycles. The number of hydrogen-bond donors (Lipinski definition) is 0. The predicted molar refractivity (Wildman–Crippen MR) is 92.9 cm³/mol. The van der Waals surface area contributed by atoms with E-state index in [1.807, 2.05) is 6.07 Å². The topological polar surface area (TPSA) is 19.0 Å². The lowest BCUT2D eigenvalue weighted by atomic mass is 10.2. The van der Waals surface area contributed by atoms with Gasteiger partial charge in [-0.3, -0.25) is 4.90 Å². The van der Waals surface area contributed by atoms with E-state index in [1.54, 1.807) is 0 Å². The highest BCUT2D eigenvalue weighted by Crippen LogP contribution is 2.42. The average molecular weight is 307 g/mol. The third kappa shape index (κ3) is 3.05. The quantitative estimate of drug-likeness (QED) is 0.864. The van der Waals surface area contributed by atoms with E-state index in [4.69, 9.17) is 4.74 Å². The Morgan fingerprint density at radius 1 is 0.826 bits per heavy atom. The smallest absolute Gasteiger partial charge is 0.213 e. The van der Waals surface area contributed by atoms with Gasteiger partial charge in [-0.2, -0.15) is 0 Å². The number of fused-ring (bicyclic) bond motifs is 1. The minimum absolute atomic E-state index is 0.847. The molecule has 2 aromatic rings. The molecule has 118 valence electrons. The standard InChI is InChI=1S/C19H21N3O/c1-2-6-17(7-3-1)22-16-21(18-8-4-5-9-19(18)22)11-10-20-12-14-23-15-13-20/h1-9H,10-15H2. The van der Waals surface area contributed by atoms with Gasteiger partial charge in [-0.1, -0.05) is 30.3 Å². The first kappa shape index (κ1) is 14.5. The van der Waals surface area contributed by atoms with Gasteiger partial charge in [-0.05, 0) is 24.3 Å². The van der Waals surface area contributed by atoms with Crippen LogP contribution in [0.25, 0.3) is 0 Å². The minimum Gasteiger partial charge on any atom is -0.379 e. The first-order valence-corrected chi connectivity index (χ1v) is 8.20. The maximum atomic E-state index is 5.42.